The van der Waals surface area contributed by atoms with Crippen LogP contribution < -0.4 is 0 Å². The van der Waals surface area contributed by atoms with E-state index in [-0.39, 0.29) is 5.92 Å². The molecule has 0 radical (unpaired) electrons. The van der Waals surface area contributed by atoms with Crippen molar-refractivity contribution in [2.75, 3.05) is 0 Å². The minimum absolute atomic E-state index is 0.183. The van der Waals surface area contributed by atoms with Crippen LogP contribution in [0.2, 0.25) is 0 Å². The lowest BCUT2D eigenvalue weighted by Crippen LogP contribution is -2.05. The summed E-state index contributed by atoms with van der Waals surface area (Å²) >= 11 is 0. The van der Waals surface area contributed by atoms with Crippen LogP contribution in [0.4, 0.5) is 0 Å². The molecule has 2 aliphatic rings. The first-order valence-electron chi connectivity index (χ1n) is 15.0. The number of hydrogen-bond acceptors (Lipinski definition) is 3. The van der Waals surface area contributed by atoms with Gasteiger partial charge in [-0.25, -0.2) is 9.97 Å². The van der Waals surface area contributed by atoms with Crippen LogP contribution in [0.3, 0.4) is 0 Å². The fraction of sp³-hybridized carbons (Fsp3) is 0.205. The molecule has 1 aromatic heterocycles. The highest BCUT2D eigenvalue weighted by Gasteiger charge is 2.19. The van der Waals surface area contributed by atoms with Gasteiger partial charge in [-0.3, -0.25) is 0 Å². The lowest BCUT2D eigenvalue weighted by atomic mass is 9.88. The number of hydrogen-bond donors (Lipinski definition) is 0. The second-order valence-electron chi connectivity index (χ2n) is 11.2. The van der Waals surface area contributed by atoms with Gasteiger partial charge in [0.15, 0.2) is 5.82 Å². The van der Waals surface area contributed by atoms with E-state index in [1.807, 2.05) is 12.2 Å². The highest BCUT2D eigenvalue weighted by atomic mass is 14.9. The molecule has 0 spiro atoms. The Bertz CT molecular complexity index is 1790. The molecule has 0 saturated heterocycles. The second kappa shape index (κ2) is 12.8. The number of fused-ring (bicyclic) bond motifs is 2. The Morgan fingerprint density at radius 3 is 2.57 bits per heavy atom. The minimum Gasteiger partial charge on any atom is -0.232 e. The third-order valence-electron chi connectivity index (χ3n) is 8.19. The molecule has 0 amide bonds. The second-order valence-corrected chi connectivity index (χ2v) is 11.2. The average Bonchev–Trinajstić information content (AvgIpc) is 3.06. The van der Waals surface area contributed by atoms with Crippen molar-refractivity contribution in [2.45, 2.75) is 50.9 Å². The zero-order valence-corrected chi connectivity index (χ0v) is 24.0. The number of nitrogens with zero attached hydrogens (tertiary/aromatic N) is 3. The smallest absolute Gasteiger partial charge is 0.160 e. The number of aromatic nitrogens is 2. The predicted molar refractivity (Wildman–Crippen MR) is 175 cm³/mol. The molecule has 4 aromatic rings. The van der Waals surface area contributed by atoms with E-state index in [2.05, 4.69) is 110 Å². The zero-order chi connectivity index (χ0) is 28.7. The Labute approximate surface area is 249 Å². The zero-order valence-electron chi connectivity index (χ0n) is 24.0. The first-order chi connectivity index (χ1) is 20.7. The Hall–Kier alpha value is -4.81. The Morgan fingerprint density at radius 2 is 1.71 bits per heavy atom. The standard InChI is InChI=1S/C39H35N3/c1-28-24-29(27-40)14-7-4-2-3-5-8-18-32-20-13-21-35(38(28)32)37-26-36(31-16-9-6-10-17-31)41-39(42-37)34-23-22-30-15-11-12-19-33(30)25-34/h6-7,9-16,19-26,31H,1-5,8,17-18H2/b14-7-,29-24+. The van der Waals surface area contributed by atoms with Crippen LogP contribution in [-0.2, 0) is 6.42 Å². The summed E-state index contributed by atoms with van der Waals surface area (Å²) in [6, 6.07) is 25.8. The van der Waals surface area contributed by atoms with Crippen LogP contribution in [-0.4, -0.2) is 9.97 Å². The third kappa shape index (κ3) is 6.09. The fourth-order valence-electron chi connectivity index (χ4n) is 5.97. The summed E-state index contributed by atoms with van der Waals surface area (Å²) in [6.07, 6.45) is 22.1. The molecule has 0 N–H and O–H groups in total. The molecule has 1 atom stereocenters. The molecule has 42 heavy (non-hydrogen) atoms. The molecule has 0 saturated carbocycles. The largest absolute Gasteiger partial charge is 0.232 e. The van der Waals surface area contributed by atoms with Crippen LogP contribution in [0.5, 0.6) is 0 Å². The predicted octanol–water partition coefficient (Wildman–Crippen LogP) is 10.1. The molecule has 3 aromatic carbocycles. The summed E-state index contributed by atoms with van der Waals surface area (Å²) in [5.41, 5.74) is 7.72. The Kier molecular flexibility index (Phi) is 8.33. The van der Waals surface area contributed by atoms with Gasteiger partial charge >= 0.3 is 0 Å². The first-order valence-corrected chi connectivity index (χ1v) is 15.0. The van der Waals surface area contributed by atoms with Crippen molar-refractivity contribution in [1.82, 2.24) is 9.97 Å². The van der Waals surface area contributed by atoms with Gasteiger partial charge in [0.25, 0.3) is 0 Å². The van der Waals surface area contributed by atoms with Gasteiger partial charge in [-0.2, -0.15) is 5.26 Å². The molecule has 1 unspecified atom stereocenters. The molecular weight excluding hydrogens is 510 g/mol. The van der Waals surface area contributed by atoms with Crippen LogP contribution >= 0.6 is 0 Å². The summed E-state index contributed by atoms with van der Waals surface area (Å²) in [5, 5.41) is 12.2. The normalized spacial score (nSPS) is 19.5. The monoisotopic (exact) mass is 545 g/mol. The molecule has 0 aliphatic heterocycles. The van der Waals surface area contributed by atoms with Crippen molar-refractivity contribution in [3.8, 4) is 28.7 Å². The Morgan fingerprint density at radius 1 is 0.833 bits per heavy atom. The van der Waals surface area contributed by atoms with E-state index in [0.717, 1.165) is 71.6 Å². The maximum Gasteiger partial charge on any atom is 0.160 e. The van der Waals surface area contributed by atoms with Gasteiger partial charge in [-0.1, -0.05) is 104 Å². The molecule has 3 nitrogen and oxygen atoms in total. The maximum atomic E-state index is 9.88. The number of aryl methyl sites for hydroxylation is 1. The minimum atomic E-state index is 0.183. The van der Waals surface area contributed by atoms with Crippen molar-refractivity contribution < 1.29 is 0 Å². The van der Waals surface area contributed by atoms with Crippen LogP contribution in [0, 0.1) is 11.3 Å². The molecule has 1 heterocycles. The summed E-state index contributed by atoms with van der Waals surface area (Å²) in [5.74, 6) is 0.905. The van der Waals surface area contributed by atoms with Gasteiger partial charge in [-0.05, 0) is 83.9 Å². The topological polar surface area (TPSA) is 49.6 Å². The number of benzene rings is 3. The van der Waals surface area contributed by atoms with Gasteiger partial charge < -0.3 is 0 Å². The highest BCUT2D eigenvalue weighted by Crippen LogP contribution is 2.36. The third-order valence-corrected chi connectivity index (χ3v) is 8.19. The van der Waals surface area contributed by atoms with E-state index in [4.69, 9.17) is 9.97 Å². The van der Waals surface area contributed by atoms with E-state index in [1.165, 1.54) is 29.2 Å². The molecule has 2 aliphatic carbocycles. The quantitative estimate of drug-likeness (QED) is 0.257. The summed E-state index contributed by atoms with van der Waals surface area (Å²) in [4.78, 5) is 10.3. The van der Waals surface area contributed by atoms with Crippen LogP contribution in [0.1, 0.15) is 61.3 Å². The molecule has 3 heteroatoms. The summed E-state index contributed by atoms with van der Waals surface area (Å²) in [7, 11) is 0. The van der Waals surface area contributed by atoms with E-state index < -0.39 is 0 Å². The summed E-state index contributed by atoms with van der Waals surface area (Å²) in [6.45, 7) is 4.49. The van der Waals surface area contributed by atoms with Crippen molar-refractivity contribution in [2.24, 2.45) is 0 Å². The van der Waals surface area contributed by atoms with Gasteiger partial charge in [0.2, 0.25) is 0 Å². The SMILES string of the molecule is C=C1/C=C(C#N)\C=C/CCCCCCc2cccc(-c3cc(C4C=CC=CC4)nc(-c4ccc5ccccc5c4)n3)c21. The van der Waals surface area contributed by atoms with Crippen LogP contribution in [0.25, 0.3) is 39.0 Å². The molecule has 0 fully saturated rings. The highest BCUT2D eigenvalue weighted by molar-refractivity contribution is 5.88. The fourth-order valence-corrected chi connectivity index (χ4v) is 5.97. The van der Waals surface area contributed by atoms with E-state index in [0.29, 0.717) is 5.57 Å². The van der Waals surface area contributed by atoms with E-state index in [9.17, 15) is 5.26 Å². The van der Waals surface area contributed by atoms with Gasteiger partial charge in [0.05, 0.1) is 23.0 Å². The number of allylic oxidation sites excluding steroid dienone is 9. The van der Waals surface area contributed by atoms with E-state index >= 15 is 0 Å². The summed E-state index contributed by atoms with van der Waals surface area (Å²) < 4.78 is 0. The van der Waals surface area contributed by atoms with Gasteiger partial charge in [0.1, 0.15) is 0 Å². The molecule has 0 bridgehead atoms. The van der Waals surface area contributed by atoms with Crippen LogP contribution in [0.15, 0.2) is 121 Å². The van der Waals surface area contributed by atoms with Gasteiger partial charge in [0, 0.05) is 17.0 Å². The lowest BCUT2D eigenvalue weighted by molar-refractivity contribution is 0.646. The first kappa shape index (κ1) is 27.4. The lowest BCUT2D eigenvalue weighted by Gasteiger charge is -2.19. The average molecular weight is 546 g/mol. The molecular formula is C39H35N3. The van der Waals surface area contributed by atoms with E-state index in [1.54, 1.807) is 0 Å². The van der Waals surface area contributed by atoms with Crippen molar-refractivity contribution in [1.29, 1.82) is 5.26 Å². The van der Waals surface area contributed by atoms with Crippen molar-refractivity contribution in [3.63, 3.8) is 0 Å². The molecule has 6 rings (SSSR count). The van der Waals surface area contributed by atoms with Crippen molar-refractivity contribution in [3.05, 3.63) is 138 Å². The van der Waals surface area contributed by atoms with Gasteiger partial charge in [-0.15, -0.1) is 0 Å². The Balaban J connectivity index is 1.53. The maximum absolute atomic E-state index is 9.88. The molecule has 206 valence electrons. The number of nitriles is 1. The number of rotatable bonds is 3. The van der Waals surface area contributed by atoms with Crippen molar-refractivity contribution >= 4 is 16.3 Å².